The summed E-state index contributed by atoms with van der Waals surface area (Å²) >= 11 is 3.39. The van der Waals surface area contributed by atoms with Crippen molar-refractivity contribution in [2.45, 2.75) is 16.7 Å². The number of hydrogen-bond acceptors (Lipinski definition) is 3. The third-order valence-corrected chi connectivity index (χ3v) is 6.04. The van der Waals surface area contributed by atoms with E-state index < -0.39 is 10.1 Å². The van der Waals surface area contributed by atoms with Gasteiger partial charge in [0.2, 0.25) is 0 Å². The molecule has 0 amide bonds. The molecule has 0 bridgehead atoms. The molecular formula is C23H18O3S2. The highest BCUT2D eigenvalue weighted by Crippen LogP contribution is 2.36. The first-order chi connectivity index (χ1) is 13.3. The molecule has 3 nitrogen and oxygen atoms in total. The van der Waals surface area contributed by atoms with Gasteiger partial charge in [-0.2, -0.15) is 0 Å². The van der Waals surface area contributed by atoms with Crippen LogP contribution in [0.15, 0.2) is 88.7 Å². The molecule has 0 aliphatic rings. The molecule has 0 heterocycles. The second kappa shape index (κ2) is 7.09. The molecule has 0 aliphatic carbocycles. The standard InChI is InChI=1S/C16H10O3S.C7H8S/c17-20(18,19)14-9-7-12-5-4-10-2-1-3-11-6-8-13(14)16(12)15(10)11;1-6-2-4-7(8)5-3-6/h1-9H,(H,17,18,19);2-5,8H,1H3. The quantitative estimate of drug-likeness (QED) is 0.227. The Morgan fingerprint density at radius 3 is 1.82 bits per heavy atom. The van der Waals surface area contributed by atoms with Gasteiger partial charge in [-0.15, -0.1) is 0 Å². The van der Waals surface area contributed by atoms with Crippen LogP contribution in [0.5, 0.6) is 0 Å². The second-order valence-electron chi connectivity index (χ2n) is 6.74. The highest BCUT2D eigenvalue weighted by Gasteiger charge is 2.13. The fourth-order valence-corrected chi connectivity index (χ4v) is 4.32. The van der Waals surface area contributed by atoms with Crippen LogP contribution in [0.25, 0.3) is 32.3 Å². The van der Waals surface area contributed by atoms with Gasteiger partial charge in [0.15, 0.2) is 0 Å². The lowest BCUT2D eigenvalue weighted by molar-refractivity contribution is 0.464. The van der Waals surface area contributed by atoms with Gasteiger partial charge < -0.3 is 4.55 Å². The topological polar surface area (TPSA) is 57.2 Å². The summed E-state index contributed by atoms with van der Waals surface area (Å²) in [7, 11) is -4.48. The normalized spacial score (nSPS) is 11.7. The molecule has 0 fully saturated rings. The Hall–Kier alpha value is -2.60. The minimum atomic E-state index is -4.48. The number of hydrogen-bond donors (Lipinski definition) is 0. The van der Waals surface area contributed by atoms with Gasteiger partial charge >= 0.3 is 0 Å². The van der Waals surface area contributed by atoms with Crippen molar-refractivity contribution in [2.24, 2.45) is 0 Å². The Morgan fingerprint density at radius 1 is 0.714 bits per heavy atom. The summed E-state index contributed by atoms with van der Waals surface area (Å²) in [6, 6.07) is 24.8. The first-order valence-corrected chi connectivity index (χ1v) is 10.7. The second-order valence-corrected chi connectivity index (χ2v) is 8.67. The average Bonchev–Trinajstić information content (AvgIpc) is 2.68. The third-order valence-electron chi connectivity index (χ3n) is 4.81. The van der Waals surface area contributed by atoms with E-state index in [2.05, 4.69) is 31.7 Å². The zero-order chi connectivity index (χ0) is 19.9. The molecule has 0 unspecified atom stereocenters. The van der Waals surface area contributed by atoms with Gasteiger partial charge in [0.1, 0.15) is 15.0 Å². The summed E-state index contributed by atoms with van der Waals surface area (Å²) in [5.41, 5.74) is 1.30. The summed E-state index contributed by atoms with van der Waals surface area (Å²) in [4.78, 5) is 0.985. The van der Waals surface area contributed by atoms with Crippen molar-refractivity contribution < 1.29 is 13.0 Å². The van der Waals surface area contributed by atoms with E-state index in [0.29, 0.717) is 5.39 Å². The van der Waals surface area contributed by atoms with E-state index in [4.69, 9.17) is 0 Å². The maximum absolute atomic E-state index is 11.4. The van der Waals surface area contributed by atoms with Gasteiger partial charge in [-0.1, -0.05) is 66.2 Å². The lowest BCUT2D eigenvalue weighted by Gasteiger charge is -2.15. The summed E-state index contributed by atoms with van der Waals surface area (Å²) in [6.07, 6.45) is 0. The highest BCUT2D eigenvalue weighted by atomic mass is 32.2. The molecule has 0 saturated carbocycles. The van der Waals surface area contributed by atoms with Gasteiger partial charge in [0.25, 0.3) is 0 Å². The average molecular weight is 407 g/mol. The first kappa shape index (κ1) is 18.7. The van der Waals surface area contributed by atoms with Crippen molar-refractivity contribution in [3.63, 3.8) is 0 Å². The maximum Gasteiger partial charge on any atom is 0.150 e. The van der Waals surface area contributed by atoms with E-state index in [1.54, 1.807) is 12.1 Å². The molecule has 0 radical (unpaired) electrons. The molecule has 28 heavy (non-hydrogen) atoms. The van der Waals surface area contributed by atoms with Crippen molar-refractivity contribution in [1.82, 2.24) is 0 Å². The van der Waals surface area contributed by atoms with Crippen molar-refractivity contribution >= 4 is 55.1 Å². The molecule has 0 aliphatic heterocycles. The molecule has 0 aromatic heterocycles. The molecular weight excluding hydrogens is 388 g/mol. The Labute approximate surface area is 169 Å². The Kier molecular flexibility index (Phi) is 4.75. The van der Waals surface area contributed by atoms with Gasteiger partial charge in [0, 0.05) is 5.39 Å². The number of benzene rings is 5. The Bertz CT molecular complexity index is 1350. The van der Waals surface area contributed by atoms with Crippen LogP contribution < -0.4 is 0 Å². The smallest absolute Gasteiger partial charge is 0.150 e. The Morgan fingerprint density at radius 2 is 1.25 bits per heavy atom. The predicted octanol–water partition coefficient (Wildman–Crippen LogP) is 4.85. The van der Waals surface area contributed by atoms with E-state index in [1.165, 1.54) is 11.6 Å². The van der Waals surface area contributed by atoms with Crippen molar-refractivity contribution in [1.29, 1.82) is 0 Å². The summed E-state index contributed by atoms with van der Waals surface area (Å²) in [5, 5.41) is 5.38. The van der Waals surface area contributed by atoms with Crippen molar-refractivity contribution in [2.75, 3.05) is 0 Å². The molecule has 5 aromatic carbocycles. The molecule has 0 saturated heterocycles. The number of rotatable bonds is 1. The van der Waals surface area contributed by atoms with Crippen LogP contribution in [-0.4, -0.2) is 13.0 Å². The SMILES string of the molecule is Cc1ccc([SH2+])cc1.O=S(=O)([O-])c1ccc2ccc3cccc4ccc1c2c34. The van der Waals surface area contributed by atoms with E-state index in [-0.39, 0.29) is 4.90 Å². The fraction of sp³-hybridized carbons (Fsp3) is 0.0435. The van der Waals surface area contributed by atoms with Gasteiger partial charge in [-0.25, -0.2) is 8.42 Å². The maximum atomic E-state index is 11.4. The van der Waals surface area contributed by atoms with E-state index in [0.717, 1.165) is 31.8 Å². The van der Waals surface area contributed by atoms with Crippen molar-refractivity contribution in [3.05, 3.63) is 84.4 Å². The fourth-order valence-electron chi connectivity index (χ4n) is 3.48. The predicted molar refractivity (Wildman–Crippen MR) is 118 cm³/mol. The Balaban J connectivity index is 0.000000203. The molecule has 0 atom stereocenters. The molecule has 5 heteroatoms. The van der Waals surface area contributed by atoms with E-state index >= 15 is 0 Å². The lowest BCUT2D eigenvalue weighted by Crippen LogP contribution is -2.00. The lowest BCUT2D eigenvalue weighted by atomic mass is 9.94. The molecule has 140 valence electrons. The summed E-state index contributed by atoms with van der Waals surface area (Å²) < 4.78 is 34.3. The van der Waals surface area contributed by atoms with Gasteiger partial charge in [0.05, 0.1) is 4.90 Å². The monoisotopic (exact) mass is 406 g/mol. The molecule has 5 rings (SSSR count). The van der Waals surface area contributed by atoms with Gasteiger partial charge in [-0.05, 0) is 64.7 Å². The van der Waals surface area contributed by atoms with Crippen LogP contribution >= 0.6 is 0 Å². The van der Waals surface area contributed by atoms with Crippen molar-refractivity contribution in [3.8, 4) is 0 Å². The van der Waals surface area contributed by atoms with Crippen LogP contribution in [0, 0.1) is 6.92 Å². The highest BCUT2D eigenvalue weighted by molar-refractivity contribution is 7.86. The van der Waals surface area contributed by atoms with Crippen LogP contribution in [0.4, 0.5) is 0 Å². The first-order valence-electron chi connectivity index (χ1n) is 8.75. The van der Waals surface area contributed by atoms with Crippen LogP contribution in [0.1, 0.15) is 5.56 Å². The summed E-state index contributed by atoms with van der Waals surface area (Å²) in [5.74, 6) is 0. The largest absolute Gasteiger partial charge is 0.744 e. The van der Waals surface area contributed by atoms with E-state index in [9.17, 15) is 13.0 Å². The zero-order valence-corrected chi connectivity index (χ0v) is 17.0. The minimum Gasteiger partial charge on any atom is -0.744 e. The van der Waals surface area contributed by atoms with E-state index in [1.807, 2.05) is 48.5 Å². The number of aryl methyl sites for hydroxylation is 1. The molecule has 0 N–H and O–H groups in total. The molecule has 5 aromatic rings. The van der Waals surface area contributed by atoms with Crippen LogP contribution in [0.3, 0.4) is 0 Å². The van der Waals surface area contributed by atoms with Crippen LogP contribution in [-0.2, 0) is 22.7 Å². The van der Waals surface area contributed by atoms with Crippen LogP contribution in [0.2, 0.25) is 0 Å². The minimum absolute atomic E-state index is 0.150. The zero-order valence-electron chi connectivity index (χ0n) is 15.1. The third kappa shape index (κ3) is 3.44. The van der Waals surface area contributed by atoms with Gasteiger partial charge in [-0.3, -0.25) is 0 Å². The molecule has 0 spiro atoms. The summed E-state index contributed by atoms with van der Waals surface area (Å²) in [6.45, 7) is 2.08.